The number of hydrogen-bond donors (Lipinski definition) is 1. The third-order valence-corrected chi connectivity index (χ3v) is 4.24. The summed E-state index contributed by atoms with van der Waals surface area (Å²) in [6.45, 7) is 0.259. The summed E-state index contributed by atoms with van der Waals surface area (Å²) in [5, 5.41) is 1.74. The molecule has 0 aliphatic rings. The molecule has 3 rings (SSSR count). The molecule has 2 amide bonds. The van der Waals surface area contributed by atoms with E-state index in [1.165, 1.54) is 17.0 Å². The minimum Gasteiger partial charge on any atom is -0.351 e. The molecule has 6 heteroatoms. The highest BCUT2D eigenvalue weighted by Gasteiger charge is 2.17. The Kier molecular flexibility index (Phi) is 4.25. The van der Waals surface area contributed by atoms with Crippen molar-refractivity contribution in [3.8, 4) is 0 Å². The van der Waals surface area contributed by atoms with Gasteiger partial charge in [-0.1, -0.05) is 28.1 Å². The van der Waals surface area contributed by atoms with E-state index in [0.29, 0.717) is 5.69 Å². The Morgan fingerprint density at radius 3 is 2.57 bits per heavy atom. The smallest absolute Gasteiger partial charge is 0.319 e. The van der Waals surface area contributed by atoms with Crippen LogP contribution in [0.2, 0.25) is 0 Å². The highest BCUT2D eigenvalue weighted by molar-refractivity contribution is 9.10. The minimum absolute atomic E-state index is 0.259. The predicted octanol–water partition coefficient (Wildman–Crippen LogP) is 4.22. The average Bonchev–Trinajstić information content (AvgIpc) is 2.55. The quantitative estimate of drug-likeness (QED) is 0.746. The van der Waals surface area contributed by atoms with Crippen LogP contribution in [0.1, 0.15) is 5.56 Å². The Morgan fingerprint density at radius 1 is 1.13 bits per heavy atom. The molecule has 4 nitrogen and oxygen atoms in total. The third kappa shape index (κ3) is 3.17. The summed E-state index contributed by atoms with van der Waals surface area (Å²) in [5.41, 5.74) is 7.03. The van der Waals surface area contributed by atoms with Gasteiger partial charge in [0.05, 0.1) is 12.2 Å². The maximum Gasteiger partial charge on any atom is 0.319 e. The van der Waals surface area contributed by atoms with Gasteiger partial charge in [0, 0.05) is 27.6 Å². The fourth-order valence-corrected chi connectivity index (χ4v) is 2.88. The second kappa shape index (κ2) is 6.34. The molecule has 116 valence electrons. The van der Waals surface area contributed by atoms with Crippen LogP contribution in [0, 0.1) is 5.82 Å². The Bertz CT molecular complexity index is 867. The van der Waals surface area contributed by atoms with Crippen LogP contribution in [0.15, 0.2) is 59.3 Å². The van der Waals surface area contributed by atoms with E-state index < -0.39 is 6.03 Å². The number of primary amides is 1. The first-order chi connectivity index (χ1) is 11.1. The molecule has 3 aromatic rings. The van der Waals surface area contributed by atoms with Crippen molar-refractivity contribution in [3.05, 3.63) is 70.7 Å². The molecule has 0 saturated carbocycles. The number of nitrogens with two attached hydrogens (primary N) is 1. The van der Waals surface area contributed by atoms with Gasteiger partial charge in [0.2, 0.25) is 0 Å². The molecule has 1 heterocycles. The Morgan fingerprint density at radius 2 is 1.87 bits per heavy atom. The second-order valence-corrected chi connectivity index (χ2v) is 5.89. The largest absolute Gasteiger partial charge is 0.351 e. The van der Waals surface area contributed by atoms with Crippen LogP contribution in [0.25, 0.3) is 10.8 Å². The summed E-state index contributed by atoms with van der Waals surface area (Å²) < 4.78 is 13.9. The summed E-state index contributed by atoms with van der Waals surface area (Å²) in [7, 11) is 0. The standard InChI is InChI=1S/C17H13BrFN3O/c18-15-5-6-16(13-7-8-21-9-14(13)15)22(17(20)23)10-11-1-3-12(19)4-2-11/h1-9H,10H2,(H2,20,23). The monoisotopic (exact) mass is 373 g/mol. The normalized spacial score (nSPS) is 10.7. The summed E-state index contributed by atoms with van der Waals surface area (Å²) in [5.74, 6) is -0.320. The lowest BCUT2D eigenvalue weighted by Crippen LogP contribution is -2.35. The van der Waals surface area contributed by atoms with E-state index in [4.69, 9.17) is 5.73 Å². The fraction of sp³-hybridized carbons (Fsp3) is 0.0588. The van der Waals surface area contributed by atoms with E-state index in [9.17, 15) is 9.18 Å². The van der Waals surface area contributed by atoms with Crippen LogP contribution in [0.5, 0.6) is 0 Å². The molecule has 0 fully saturated rings. The van der Waals surface area contributed by atoms with Gasteiger partial charge >= 0.3 is 6.03 Å². The molecule has 0 aliphatic heterocycles. The van der Waals surface area contributed by atoms with Gasteiger partial charge in [-0.25, -0.2) is 9.18 Å². The van der Waals surface area contributed by atoms with Gasteiger partial charge in [-0.2, -0.15) is 0 Å². The molecule has 23 heavy (non-hydrogen) atoms. The average molecular weight is 374 g/mol. The molecule has 2 aromatic carbocycles. The lowest BCUT2D eigenvalue weighted by atomic mass is 10.1. The molecule has 0 radical (unpaired) electrons. The molecule has 0 bridgehead atoms. The van der Waals surface area contributed by atoms with Crippen molar-refractivity contribution in [2.45, 2.75) is 6.54 Å². The van der Waals surface area contributed by atoms with Gasteiger partial charge in [-0.15, -0.1) is 0 Å². The van der Waals surface area contributed by atoms with Gasteiger partial charge < -0.3 is 5.73 Å². The van der Waals surface area contributed by atoms with Crippen LogP contribution in [-0.2, 0) is 6.54 Å². The highest BCUT2D eigenvalue weighted by atomic mass is 79.9. The maximum absolute atomic E-state index is 13.0. The van der Waals surface area contributed by atoms with Gasteiger partial charge in [0.1, 0.15) is 5.82 Å². The van der Waals surface area contributed by atoms with Crippen molar-refractivity contribution in [3.63, 3.8) is 0 Å². The molecular formula is C17H13BrFN3O. The van der Waals surface area contributed by atoms with Gasteiger partial charge in [0.25, 0.3) is 0 Å². The first kappa shape index (κ1) is 15.4. The van der Waals surface area contributed by atoms with Gasteiger partial charge in [0.15, 0.2) is 0 Å². The number of hydrogen-bond acceptors (Lipinski definition) is 2. The van der Waals surface area contributed by atoms with Crippen molar-refractivity contribution in [1.29, 1.82) is 0 Å². The number of nitrogens with zero attached hydrogens (tertiary/aromatic N) is 2. The van der Waals surface area contributed by atoms with Crippen molar-refractivity contribution in [1.82, 2.24) is 4.98 Å². The SMILES string of the molecule is NC(=O)N(Cc1ccc(F)cc1)c1ccc(Br)c2cnccc12. The summed E-state index contributed by atoms with van der Waals surface area (Å²) in [6.07, 6.45) is 3.38. The minimum atomic E-state index is -0.574. The van der Waals surface area contributed by atoms with Gasteiger partial charge in [-0.05, 0) is 35.9 Å². The lowest BCUT2D eigenvalue weighted by Gasteiger charge is -2.22. The summed E-state index contributed by atoms with van der Waals surface area (Å²) in [6, 6.07) is 10.9. The van der Waals surface area contributed by atoms with Crippen molar-refractivity contribution in [2.24, 2.45) is 5.73 Å². The molecule has 0 saturated heterocycles. The number of carbonyl (C=O) groups excluding carboxylic acids is 1. The number of pyridine rings is 1. The Balaban J connectivity index is 2.07. The van der Waals surface area contributed by atoms with E-state index in [1.807, 2.05) is 18.2 Å². The Labute approximate surface area is 140 Å². The van der Waals surface area contributed by atoms with Crippen LogP contribution >= 0.6 is 15.9 Å². The number of benzene rings is 2. The van der Waals surface area contributed by atoms with Crippen LogP contribution in [-0.4, -0.2) is 11.0 Å². The molecule has 0 spiro atoms. The number of carbonyl (C=O) groups is 1. The molecule has 1 aromatic heterocycles. The van der Waals surface area contributed by atoms with E-state index >= 15 is 0 Å². The fourth-order valence-electron chi connectivity index (χ4n) is 2.43. The van der Waals surface area contributed by atoms with Crippen molar-refractivity contribution < 1.29 is 9.18 Å². The van der Waals surface area contributed by atoms with Crippen LogP contribution in [0.4, 0.5) is 14.9 Å². The van der Waals surface area contributed by atoms with Crippen molar-refractivity contribution >= 4 is 38.4 Å². The summed E-state index contributed by atoms with van der Waals surface area (Å²) >= 11 is 3.48. The number of rotatable bonds is 3. The first-order valence-corrected chi connectivity index (χ1v) is 7.69. The first-order valence-electron chi connectivity index (χ1n) is 6.90. The molecular weight excluding hydrogens is 361 g/mol. The molecule has 0 aliphatic carbocycles. The topological polar surface area (TPSA) is 59.2 Å². The van der Waals surface area contributed by atoms with Crippen LogP contribution < -0.4 is 10.6 Å². The van der Waals surface area contributed by atoms with Gasteiger partial charge in [-0.3, -0.25) is 9.88 Å². The third-order valence-electron chi connectivity index (χ3n) is 3.55. The number of amides is 2. The zero-order valence-corrected chi connectivity index (χ0v) is 13.6. The number of fused-ring (bicyclic) bond motifs is 1. The number of halogens is 2. The van der Waals surface area contributed by atoms with Crippen LogP contribution in [0.3, 0.4) is 0 Å². The highest BCUT2D eigenvalue weighted by Crippen LogP contribution is 2.32. The zero-order chi connectivity index (χ0) is 16.4. The lowest BCUT2D eigenvalue weighted by molar-refractivity contribution is 0.253. The molecule has 0 atom stereocenters. The number of aromatic nitrogens is 1. The second-order valence-electron chi connectivity index (χ2n) is 5.04. The van der Waals surface area contributed by atoms with Crippen molar-refractivity contribution in [2.75, 3.05) is 4.90 Å². The van der Waals surface area contributed by atoms with E-state index in [-0.39, 0.29) is 12.4 Å². The predicted molar refractivity (Wildman–Crippen MR) is 91.6 cm³/mol. The number of urea groups is 1. The summed E-state index contributed by atoms with van der Waals surface area (Å²) in [4.78, 5) is 17.5. The van der Waals surface area contributed by atoms with E-state index in [2.05, 4.69) is 20.9 Å². The maximum atomic E-state index is 13.0. The molecule has 0 unspecified atom stereocenters. The number of anilines is 1. The van der Waals surface area contributed by atoms with E-state index in [1.54, 1.807) is 24.5 Å². The zero-order valence-electron chi connectivity index (χ0n) is 12.0. The van der Waals surface area contributed by atoms with E-state index in [0.717, 1.165) is 20.8 Å². The Hall–Kier alpha value is -2.47. The molecule has 2 N–H and O–H groups in total.